The van der Waals surface area contributed by atoms with E-state index in [4.69, 9.17) is 4.74 Å². The van der Waals surface area contributed by atoms with Crippen LogP contribution in [0.15, 0.2) is 54.7 Å². The number of nitrogens with one attached hydrogen (secondary N) is 2. The molecule has 0 amide bonds. The van der Waals surface area contributed by atoms with Gasteiger partial charge in [0.15, 0.2) is 11.6 Å². The summed E-state index contributed by atoms with van der Waals surface area (Å²) in [6, 6.07) is 14.7. The fourth-order valence-corrected chi connectivity index (χ4v) is 2.40. The number of carbonyl (C=O) groups is 1. The fourth-order valence-electron chi connectivity index (χ4n) is 2.40. The highest BCUT2D eigenvalue weighted by Gasteiger charge is 2.05. The zero-order chi connectivity index (χ0) is 19.2. The third-order valence-corrected chi connectivity index (χ3v) is 3.58. The van der Waals surface area contributed by atoms with E-state index in [1.165, 1.54) is 13.1 Å². The van der Waals surface area contributed by atoms with Crippen molar-refractivity contribution in [2.45, 2.75) is 26.9 Å². The Balaban J connectivity index is 1.70. The summed E-state index contributed by atoms with van der Waals surface area (Å²) in [6.45, 7) is 5.50. The molecule has 27 heavy (non-hydrogen) atoms. The number of Topliss-reactive ketones (excluding diaryl/α,β-unsaturated/α-hetero) is 1. The van der Waals surface area contributed by atoms with Crippen LogP contribution in [0.4, 0.5) is 23.1 Å². The molecule has 2 aromatic carbocycles. The molecule has 0 unspecified atom stereocenters. The molecule has 0 saturated heterocycles. The Hall–Kier alpha value is -3.48. The van der Waals surface area contributed by atoms with Gasteiger partial charge in [-0.1, -0.05) is 12.1 Å². The molecule has 7 heteroatoms. The van der Waals surface area contributed by atoms with E-state index >= 15 is 0 Å². The number of aromatic nitrogens is 3. The lowest BCUT2D eigenvalue weighted by Crippen LogP contribution is -2.05. The van der Waals surface area contributed by atoms with Gasteiger partial charge in [-0.2, -0.15) is 10.1 Å². The third-order valence-electron chi connectivity index (χ3n) is 3.58. The largest absolute Gasteiger partial charge is 0.491 e. The summed E-state index contributed by atoms with van der Waals surface area (Å²) in [4.78, 5) is 15.9. The molecule has 0 aliphatic rings. The molecule has 138 valence electrons. The van der Waals surface area contributed by atoms with E-state index in [0.717, 1.165) is 17.1 Å². The van der Waals surface area contributed by atoms with Gasteiger partial charge in [-0.15, -0.1) is 5.10 Å². The summed E-state index contributed by atoms with van der Waals surface area (Å²) >= 11 is 0. The molecule has 0 bridgehead atoms. The van der Waals surface area contributed by atoms with Gasteiger partial charge in [-0.25, -0.2) is 0 Å². The van der Waals surface area contributed by atoms with Crippen LogP contribution in [0.25, 0.3) is 0 Å². The fraction of sp³-hybridized carbons (Fsp3) is 0.200. The Kier molecular flexibility index (Phi) is 5.61. The lowest BCUT2D eigenvalue weighted by Gasteiger charge is -2.11. The van der Waals surface area contributed by atoms with Crippen molar-refractivity contribution in [3.8, 4) is 5.75 Å². The van der Waals surface area contributed by atoms with Crippen LogP contribution < -0.4 is 15.4 Å². The molecule has 1 aromatic heterocycles. The molecule has 3 rings (SSSR count). The average molecular weight is 363 g/mol. The van der Waals surface area contributed by atoms with E-state index in [1.54, 1.807) is 18.2 Å². The van der Waals surface area contributed by atoms with Crippen molar-refractivity contribution in [1.82, 2.24) is 15.2 Å². The van der Waals surface area contributed by atoms with Gasteiger partial charge in [0.25, 0.3) is 0 Å². The first-order valence-electron chi connectivity index (χ1n) is 8.61. The maximum atomic E-state index is 11.5. The number of hydrogen-bond donors (Lipinski definition) is 2. The smallest absolute Gasteiger partial charge is 0.249 e. The second-order valence-electron chi connectivity index (χ2n) is 6.24. The highest BCUT2D eigenvalue weighted by Crippen LogP contribution is 2.21. The van der Waals surface area contributed by atoms with Gasteiger partial charge >= 0.3 is 0 Å². The van der Waals surface area contributed by atoms with Crippen molar-refractivity contribution < 1.29 is 9.53 Å². The second-order valence-corrected chi connectivity index (χ2v) is 6.24. The van der Waals surface area contributed by atoms with Crippen molar-refractivity contribution in [3.05, 3.63) is 60.3 Å². The highest BCUT2D eigenvalue weighted by molar-refractivity contribution is 5.95. The lowest BCUT2D eigenvalue weighted by atomic mass is 10.1. The van der Waals surface area contributed by atoms with E-state index in [2.05, 4.69) is 25.8 Å². The molecular formula is C20H21N5O2. The van der Waals surface area contributed by atoms with Crippen LogP contribution in [-0.4, -0.2) is 27.1 Å². The Morgan fingerprint density at radius 2 is 1.81 bits per heavy atom. The van der Waals surface area contributed by atoms with Crippen LogP contribution in [0, 0.1) is 0 Å². The Morgan fingerprint density at radius 3 is 2.52 bits per heavy atom. The lowest BCUT2D eigenvalue weighted by molar-refractivity contribution is 0.101. The van der Waals surface area contributed by atoms with Crippen LogP contribution in [0.2, 0.25) is 0 Å². The predicted molar refractivity (Wildman–Crippen MR) is 105 cm³/mol. The molecule has 0 saturated carbocycles. The zero-order valence-electron chi connectivity index (χ0n) is 15.4. The van der Waals surface area contributed by atoms with E-state index in [-0.39, 0.29) is 11.9 Å². The standard InChI is InChI=1S/C20H21N5O2/c1-13(2)27-18-9-7-16(8-10-18)22-19-12-21-25-20(24-19)23-17-6-4-5-15(11-17)14(3)26/h4-13H,1-3H3,(H2,22,23,24,25). The first kappa shape index (κ1) is 18.3. The van der Waals surface area contributed by atoms with Crippen LogP contribution in [0.3, 0.4) is 0 Å². The number of ether oxygens (including phenoxy) is 1. The summed E-state index contributed by atoms with van der Waals surface area (Å²) in [6.07, 6.45) is 1.67. The third kappa shape index (κ3) is 5.24. The molecule has 1 heterocycles. The molecule has 3 aromatic rings. The monoisotopic (exact) mass is 363 g/mol. The Bertz CT molecular complexity index is 926. The minimum atomic E-state index is -0.00185. The normalized spacial score (nSPS) is 10.5. The predicted octanol–water partition coefficient (Wildman–Crippen LogP) is 4.35. The van der Waals surface area contributed by atoms with E-state index in [0.29, 0.717) is 17.3 Å². The average Bonchev–Trinajstić information content (AvgIpc) is 2.63. The van der Waals surface area contributed by atoms with Gasteiger partial charge in [0.2, 0.25) is 5.95 Å². The molecule has 0 fully saturated rings. The SMILES string of the molecule is CC(=O)c1cccc(Nc2nncc(Nc3ccc(OC(C)C)cc3)n2)c1. The van der Waals surface area contributed by atoms with Crippen molar-refractivity contribution in [1.29, 1.82) is 0 Å². The second kappa shape index (κ2) is 8.27. The van der Waals surface area contributed by atoms with Gasteiger partial charge in [-0.3, -0.25) is 4.79 Å². The van der Waals surface area contributed by atoms with Gasteiger partial charge in [0.1, 0.15) is 5.75 Å². The summed E-state index contributed by atoms with van der Waals surface area (Å²) in [7, 11) is 0. The first-order chi connectivity index (χ1) is 13.0. The molecular weight excluding hydrogens is 342 g/mol. The van der Waals surface area contributed by atoms with E-state index < -0.39 is 0 Å². The van der Waals surface area contributed by atoms with E-state index in [1.807, 2.05) is 44.2 Å². The number of rotatable bonds is 7. The number of carbonyl (C=O) groups excluding carboxylic acids is 1. The van der Waals surface area contributed by atoms with Crippen molar-refractivity contribution >= 4 is 28.9 Å². The minimum absolute atomic E-state index is 0.00185. The van der Waals surface area contributed by atoms with Crippen LogP contribution in [-0.2, 0) is 0 Å². The minimum Gasteiger partial charge on any atom is -0.491 e. The number of anilines is 4. The summed E-state index contributed by atoms with van der Waals surface area (Å²) in [5, 5.41) is 14.2. The number of hydrogen-bond acceptors (Lipinski definition) is 7. The maximum absolute atomic E-state index is 11.5. The summed E-state index contributed by atoms with van der Waals surface area (Å²) in [5.74, 6) is 1.69. The van der Waals surface area contributed by atoms with E-state index in [9.17, 15) is 4.79 Å². The van der Waals surface area contributed by atoms with Gasteiger partial charge < -0.3 is 15.4 Å². The van der Waals surface area contributed by atoms with Gasteiger partial charge in [0.05, 0.1) is 12.3 Å². The molecule has 0 aliphatic heterocycles. The Labute approximate surface area is 157 Å². The zero-order valence-corrected chi connectivity index (χ0v) is 15.4. The topological polar surface area (TPSA) is 89.0 Å². The molecule has 0 spiro atoms. The summed E-state index contributed by atoms with van der Waals surface area (Å²) in [5.41, 5.74) is 2.19. The number of nitrogens with zero attached hydrogens (tertiary/aromatic N) is 3. The molecule has 7 nitrogen and oxygen atoms in total. The first-order valence-corrected chi connectivity index (χ1v) is 8.61. The van der Waals surface area contributed by atoms with Crippen LogP contribution >= 0.6 is 0 Å². The molecule has 0 radical (unpaired) electrons. The van der Waals surface area contributed by atoms with Crippen molar-refractivity contribution in [2.75, 3.05) is 10.6 Å². The Morgan fingerprint density at radius 1 is 1.04 bits per heavy atom. The molecule has 2 N–H and O–H groups in total. The number of benzene rings is 2. The van der Waals surface area contributed by atoms with Crippen LogP contribution in [0.1, 0.15) is 31.1 Å². The number of ketones is 1. The summed E-state index contributed by atoms with van der Waals surface area (Å²) < 4.78 is 5.63. The molecule has 0 aliphatic carbocycles. The van der Waals surface area contributed by atoms with Crippen LogP contribution in [0.5, 0.6) is 5.75 Å². The molecule has 0 atom stereocenters. The quantitative estimate of drug-likeness (QED) is 0.603. The van der Waals surface area contributed by atoms with Gasteiger partial charge in [-0.05, 0) is 57.2 Å². The highest BCUT2D eigenvalue weighted by atomic mass is 16.5. The maximum Gasteiger partial charge on any atom is 0.249 e. The van der Waals surface area contributed by atoms with Crippen molar-refractivity contribution in [3.63, 3.8) is 0 Å². The van der Waals surface area contributed by atoms with Crippen molar-refractivity contribution in [2.24, 2.45) is 0 Å². The van der Waals surface area contributed by atoms with Gasteiger partial charge in [0, 0.05) is 16.9 Å².